The third-order valence-corrected chi connectivity index (χ3v) is 4.34. The molecule has 1 amide bonds. The largest absolute Gasteiger partial charge is 0.456 e. The molecule has 0 aliphatic carbocycles. The highest BCUT2D eigenvalue weighted by Gasteiger charge is 2.15. The zero-order valence-corrected chi connectivity index (χ0v) is 16.1. The number of halogens is 1. The number of hydrogen-bond donors (Lipinski definition) is 0. The number of amides is 1. The Hall–Kier alpha value is -3.55. The molecular formula is C21H20FN3O4. The number of likely N-dealkylation sites (N-methyl/N-ethyl adjacent to an activating group) is 1. The number of carbonyl (C=O) groups excluding carboxylic acids is 2. The average molecular weight is 397 g/mol. The summed E-state index contributed by atoms with van der Waals surface area (Å²) in [4.78, 5) is 42.4. The maximum Gasteiger partial charge on any atom is 0.306 e. The van der Waals surface area contributed by atoms with Gasteiger partial charge >= 0.3 is 5.97 Å². The summed E-state index contributed by atoms with van der Waals surface area (Å²) < 4.78 is 19.7. The molecule has 0 atom stereocenters. The van der Waals surface area contributed by atoms with Crippen molar-refractivity contribution in [3.8, 4) is 5.69 Å². The van der Waals surface area contributed by atoms with Crippen LogP contribution < -0.4 is 5.56 Å². The van der Waals surface area contributed by atoms with E-state index in [1.54, 1.807) is 38.4 Å². The molecule has 29 heavy (non-hydrogen) atoms. The van der Waals surface area contributed by atoms with Crippen LogP contribution in [0, 0.1) is 5.82 Å². The minimum Gasteiger partial charge on any atom is -0.456 e. The van der Waals surface area contributed by atoms with Crippen LogP contribution in [0.5, 0.6) is 0 Å². The molecule has 0 fully saturated rings. The van der Waals surface area contributed by atoms with Crippen molar-refractivity contribution >= 4 is 22.8 Å². The van der Waals surface area contributed by atoms with Crippen molar-refractivity contribution in [1.82, 2.24) is 14.5 Å². The van der Waals surface area contributed by atoms with Crippen molar-refractivity contribution in [1.29, 1.82) is 0 Å². The van der Waals surface area contributed by atoms with Crippen molar-refractivity contribution in [2.24, 2.45) is 0 Å². The van der Waals surface area contributed by atoms with E-state index >= 15 is 0 Å². The van der Waals surface area contributed by atoms with Gasteiger partial charge in [0.2, 0.25) is 0 Å². The van der Waals surface area contributed by atoms with Gasteiger partial charge in [-0.3, -0.25) is 19.0 Å². The highest BCUT2D eigenvalue weighted by Crippen LogP contribution is 2.15. The minimum absolute atomic E-state index is 0.0628. The molecule has 1 aromatic heterocycles. The average Bonchev–Trinajstić information content (AvgIpc) is 2.71. The minimum atomic E-state index is -0.576. The first-order chi connectivity index (χ1) is 13.9. The van der Waals surface area contributed by atoms with E-state index < -0.39 is 11.8 Å². The maximum atomic E-state index is 13.3. The first-order valence-electron chi connectivity index (χ1n) is 8.99. The predicted octanol–water partition coefficient (Wildman–Crippen LogP) is 2.09. The molecule has 3 aromatic rings. The Morgan fingerprint density at radius 3 is 2.48 bits per heavy atom. The fraction of sp³-hybridized carbons (Fsp3) is 0.238. The summed E-state index contributed by atoms with van der Waals surface area (Å²) in [7, 11) is 3.13. The fourth-order valence-corrected chi connectivity index (χ4v) is 2.76. The quantitative estimate of drug-likeness (QED) is 0.595. The topological polar surface area (TPSA) is 81.5 Å². The third-order valence-electron chi connectivity index (χ3n) is 4.34. The number of hydrogen-bond acceptors (Lipinski definition) is 5. The molecule has 0 N–H and O–H groups in total. The number of aryl methyl sites for hydroxylation is 1. The smallest absolute Gasteiger partial charge is 0.306 e. The molecule has 7 nitrogen and oxygen atoms in total. The van der Waals surface area contributed by atoms with Gasteiger partial charge < -0.3 is 9.64 Å². The number of ether oxygens (including phenoxy) is 1. The number of nitrogens with zero attached hydrogens (tertiary/aromatic N) is 3. The van der Waals surface area contributed by atoms with Crippen LogP contribution in [0.1, 0.15) is 12.2 Å². The molecule has 0 radical (unpaired) electrons. The van der Waals surface area contributed by atoms with Crippen LogP contribution in [0.3, 0.4) is 0 Å². The van der Waals surface area contributed by atoms with E-state index in [0.717, 1.165) is 0 Å². The lowest BCUT2D eigenvalue weighted by atomic mass is 10.2. The van der Waals surface area contributed by atoms with E-state index in [-0.39, 0.29) is 30.9 Å². The van der Waals surface area contributed by atoms with Crippen LogP contribution in [-0.4, -0.2) is 47.0 Å². The Morgan fingerprint density at radius 1 is 1.10 bits per heavy atom. The van der Waals surface area contributed by atoms with Gasteiger partial charge in [-0.1, -0.05) is 12.1 Å². The molecule has 8 heteroatoms. The normalized spacial score (nSPS) is 10.7. The highest BCUT2D eigenvalue weighted by molar-refractivity contribution is 5.80. The SMILES string of the molecule is CN(C)C(=O)COC(=O)CCc1nc2ccccc2c(=O)n1-c1ccc(F)cc1. The van der Waals surface area contributed by atoms with Gasteiger partial charge in [0.25, 0.3) is 11.5 Å². The van der Waals surface area contributed by atoms with Crippen LogP contribution in [0.15, 0.2) is 53.3 Å². The van der Waals surface area contributed by atoms with Gasteiger partial charge in [-0.2, -0.15) is 0 Å². The zero-order chi connectivity index (χ0) is 21.0. The Kier molecular flexibility index (Phi) is 6.01. The fourth-order valence-electron chi connectivity index (χ4n) is 2.76. The standard InChI is InChI=1S/C21H20FN3O4/c1-24(2)19(26)13-29-20(27)12-11-18-23-17-6-4-3-5-16(17)21(28)25(18)15-9-7-14(22)8-10-15/h3-10H,11-13H2,1-2H3. The predicted molar refractivity (Wildman–Crippen MR) is 105 cm³/mol. The van der Waals surface area contributed by atoms with Gasteiger partial charge in [-0.15, -0.1) is 0 Å². The Morgan fingerprint density at radius 2 is 1.79 bits per heavy atom. The van der Waals surface area contributed by atoms with Gasteiger partial charge in [0.05, 0.1) is 23.0 Å². The lowest BCUT2D eigenvalue weighted by molar-refractivity contribution is -0.151. The second-order valence-corrected chi connectivity index (χ2v) is 6.61. The van der Waals surface area contributed by atoms with Crippen LogP contribution in [0.25, 0.3) is 16.6 Å². The van der Waals surface area contributed by atoms with E-state index in [2.05, 4.69) is 4.98 Å². The van der Waals surface area contributed by atoms with Crippen LogP contribution in [-0.2, 0) is 20.7 Å². The molecule has 0 saturated carbocycles. The number of para-hydroxylation sites is 1. The number of benzene rings is 2. The molecule has 2 aromatic carbocycles. The molecule has 0 aliphatic heterocycles. The third kappa shape index (κ3) is 4.66. The van der Waals surface area contributed by atoms with Crippen LogP contribution in [0.2, 0.25) is 0 Å². The van der Waals surface area contributed by atoms with E-state index in [9.17, 15) is 18.8 Å². The zero-order valence-electron chi connectivity index (χ0n) is 16.1. The first-order valence-corrected chi connectivity index (χ1v) is 8.99. The summed E-state index contributed by atoms with van der Waals surface area (Å²) in [6.07, 6.45) is 0.0547. The van der Waals surface area contributed by atoms with E-state index in [0.29, 0.717) is 22.4 Å². The summed E-state index contributed by atoms with van der Waals surface area (Å²) in [5, 5.41) is 0.416. The summed E-state index contributed by atoms with van der Waals surface area (Å²) in [5.74, 6) is -0.985. The van der Waals surface area contributed by atoms with Crippen molar-refractivity contribution in [3.05, 3.63) is 70.5 Å². The molecule has 150 valence electrons. The summed E-state index contributed by atoms with van der Waals surface area (Å²) in [6.45, 7) is -0.345. The number of fused-ring (bicyclic) bond motifs is 1. The van der Waals surface area contributed by atoms with Crippen molar-refractivity contribution < 1.29 is 18.7 Å². The Labute approximate surface area is 166 Å². The summed E-state index contributed by atoms with van der Waals surface area (Å²) in [5.41, 5.74) is 0.635. The Balaban J connectivity index is 1.91. The number of aromatic nitrogens is 2. The summed E-state index contributed by atoms with van der Waals surface area (Å²) in [6, 6.07) is 12.3. The Bertz CT molecular complexity index is 1110. The molecule has 3 rings (SSSR count). The van der Waals surface area contributed by atoms with E-state index in [1.807, 2.05) is 0 Å². The van der Waals surface area contributed by atoms with Crippen molar-refractivity contribution in [2.75, 3.05) is 20.7 Å². The summed E-state index contributed by atoms with van der Waals surface area (Å²) >= 11 is 0. The molecular weight excluding hydrogens is 377 g/mol. The molecule has 0 bridgehead atoms. The lowest BCUT2D eigenvalue weighted by Gasteiger charge is -2.14. The lowest BCUT2D eigenvalue weighted by Crippen LogP contribution is -2.28. The second-order valence-electron chi connectivity index (χ2n) is 6.61. The first kappa shape index (κ1) is 20.2. The van der Waals surface area contributed by atoms with Crippen LogP contribution in [0.4, 0.5) is 4.39 Å². The molecule has 1 heterocycles. The maximum absolute atomic E-state index is 13.3. The van der Waals surface area contributed by atoms with E-state index in [4.69, 9.17) is 4.74 Å². The monoisotopic (exact) mass is 397 g/mol. The molecule has 0 aliphatic rings. The van der Waals surface area contributed by atoms with E-state index in [1.165, 1.54) is 33.7 Å². The van der Waals surface area contributed by atoms with Crippen LogP contribution >= 0.6 is 0 Å². The molecule has 0 spiro atoms. The number of carbonyl (C=O) groups is 2. The highest BCUT2D eigenvalue weighted by atomic mass is 19.1. The second kappa shape index (κ2) is 8.64. The van der Waals surface area contributed by atoms with Crippen molar-refractivity contribution in [3.63, 3.8) is 0 Å². The van der Waals surface area contributed by atoms with Gasteiger partial charge in [0.15, 0.2) is 6.61 Å². The van der Waals surface area contributed by atoms with Gasteiger partial charge in [0.1, 0.15) is 11.6 Å². The van der Waals surface area contributed by atoms with Gasteiger partial charge in [-0.25, -0.2) is 9.37 Å². The van der Waals surface area contributed by atoms with Gasteiger partial charge in [0, 0.05) is 20.5 Å². The van der Waals surface area contributed by atoms with Gasteiger partial charge in [-0.05, 0) is 36.4 Å². The number of rotatable bonds is 6. The van der Waals surface area contributed by atoms with Crippen molar-refractivity contribution in [2.45, 2.75) is 12.8 Å². The molecule has 0 saturated heterocycles. The molecule has 0 unspecified atom stereocenters. The number of esters is 1.